The van der Waals surface area contributed by atoms with E-state index in [1.165, 1.54) is 7.11 Å². The van der Waals surface area contributed by atoms with Gasteiger partial charge in [0.05, 0.1) is 20.2 Å². The van der Waals surface area contributed by atoms with Crippen LogP contribution in [0.5, 0.6) is 0 Å². The maximum atomic E-state index is 12.3. The van der Waals surface area contributed by atoms with E-state index in [1.807, 2.05) is 4.90 Å². The van der Waals surface area contributed by atoms with E-state index in [4.69, 9.17) is 19.6 Å². The molecule has 0 aromatic heterocycles. The molecular formula is C24H43N7O6. The van der Waals surface area contributed by atoms with Crippen LogP contribution in [0.3, 0.4) is 0 Å². The summed E-state index contributed by atoms with van der Waals surface area (Å²) in [6.07, 6.45) is -0.147. The second kappa shape index (κ2) is 13.2. The number of alkyl carbamates (subject to hydrolysis) is 1. The second-order valence-electron chi connectivity index (χ2n) is 10.8. The Balaban J connectivity index is 1.28. The highest BCUT2D eigenvalue weighted by Gasteiger charge is 2.33. The van der Waals surface area contributed by atoms with Crippen molar-refractivity contribution in [2.24, 2.45) is 0 Å². The molecule has 3 heterocycles. The van der Waals surface area contributed by atoms with Crippen LogP contribution in [0.15, 0.2) is 0 Å². The first-order valence-electron chi connectivity index (χ1n) is 13.1. The van der Waals surface area contributed by atoms with Crippen LogP contribution >= 0.6 is 0 Å². The zero-order valence-corrected chi connectivity index (χ0v) is 22.7. The Morgan fingerprint density at radius 2 is 1.62 bits per heavy atom. The summed E-state index contributed by atoms with van der Waals surface area (Å²) in [5.74, 6) is -0.157. The fourth-order valence-corrected chi connectivity index (χ4v) is 4.68. The molecular weight excluding hydrogens is 482 g/mol. The number of hydrogen-bond donors (Lipinski definition) is 2. The van der Waals surface area contributed by atoms with E-state index in [9.17, 15) is 14.4 Å². The summed E-state index contributed by atoms with van der Waals surface area (Å²) in [7, 11) is 1.40. The predicted molar refractivity (Wildman–Crippen MR) is 136 cm³/mol. The minimum absolute atomic E-state index is 0.0598. The summed E-state index contributed by atoms with van der Waals surface area (Å²) in [6, 6.07) is 0. The molecule has 210 valence electrons. The zero-order valence-electron chi connectivity index (χ0n) is 22.7. The Hall–Kier alpha value is -2.64. The summed E-state index contributed by atoms with van der Waals surface area (Å²) < 4.78 is 15.5. The van der Waals surface area contributed by atoms with Crippen molar-refractivity contribution < 1.29 is 28.6 Å². The third-order valence-corrected chi connectivity index (χ3v) is 6.67. The zero-order chi connectivity index (χ0) is 27.0. The fourth-order valence-electron chi connectivity index (χ4n) is 4.68. The lowest BCUT2D eigenvalue weighted by molar-refractivity contribution is -0.142. The number of piperazine rings is 2. The highest BCUT2D eigenvalue weighted by molar-refractivity contribution is 5.92. The minimum Gasteiger partial charge on any atom is -0.468 e. The van der Waals surface area contributed by atoms with Crippen molar-refractivity contribution in [3.63, 3.8) is 0 Å². The van der Waals surface area contributed by atoms with Crippen LogP contribution in [-0.2, 0) is 19.0 Å². The van der Waals surface area contributed by atoms with Gasteiger partial charge in [-0.1, -0.05) is 0 Å². The van der Waals surface area contributed by atoms with Crippen molar-refractivity contribution in [3.05, 3.63) is 0 Å². The minimum atomic E-state index is -0.614. The van der Waals surface area contributed by atoms with Crippen LogP contribution in [0, 0.1) is 5.41 Å². The number of ether oxygens (including phenoxy) is 3. The Labute approximate surface area is 219 Å². The monoisotopic (exact) mass is 525 g/mol. The van der Waals surface area contributed by atoms with Crippen LogP contribution < -0.4 is 5.32 Å². The van der Waals surface area contributed by atoms with Gasteiger partial charge in [0.1, 0.15) is 11.7 Å². The van der Waals surface area contributed by atoms with Gasteiger partial charge in [-0.3, -0.25) is 30.2 Å². The number of hydrogen-bond acceptors (Lipinski definition) is 10. The molecule has 3 rings (SSSR count). The molecule has 0 aromatic carbocycles. The molecule has 13 nitrogen and oxygen atoms in total. The molecule has 0 bridgehead atoms. The molecule has 0 radical (unpaired) electrons. The number of guanidine groups is 1. The van der Waals surface area contributed by atoms with Crippen molar-refractivity contribution in [2.75, 3.05) is 92.2 Å². The van der Waals surface area contributed by atoms with E-state index < -0.39 is 11.7 Å². The molecule has 0 aromatic rings. The maximum absolute atomic E-state index is 12.3. The van der Waals surface area contributed by atoms with Gasteiger partial charge in [-0.2, -0.15) is 0 Å². The first kappa shape index (κ1) is 28.9. The van der Waals surface area contributed by atoms with E-state index in [0.717, 1.165) is 52.2 Å². The number of nitrogens with zero attached hydrogens (tertiary/aromatic N) is 5. The molecule has 0 saturated carbocycles. The van der Waals surface area contributed by atoms with Crippen molar-refractivity contribution in [2.45, 2.75) is 38.9 Å². The van der Waals surface area contributed by atoms with Gasteiger partial charge in [0.25, 0.3) is 0 Å². The van der Waals surface area contributed by atoms with Gasteiger partial charge in [0.15, 0.2) is 0 Å². The average molecular weight is 526 g/mol. The molecule has 3 fully saturated rings. The third kappa shape index (κ3) is 9.63. The molecule has 13 heteroatoms. The highest BCUT2D eigenvalue weighted by Crippen LogP contribution is 2.15. The number of carbonyl (C=O) groups excluding carboxylic acids is 3. The van der Waals surface area contributed by atoms with E-state index in [-0.39, 0.29) is 24.1 Å². The summed E-state index contributed by atoms with van der Waals surface area (Å²) in [5.41, 5.74) is -0.604. The van der Waals surface area contributed by atoms with E-state index in [1.54, 1.807) is 25.7 Å². The van der Waals surface area contributed by atoms with Crippen LogP contribution in [0.1, 0.15) is 27.2 Å². The lowest BCUT2D eigenvalue weighted by Crippen LogP contribution is -2.53. The van der Waals surface area contributed by atoms with Gasteiger partial charge in [0, 0.05) is 65.4 Å². The van der Waals surface area contributed by atoms with Crippen molar-refractivity contribution >= 4 is 24.1 Å². The van der Waals surface area contributed by atoms with Gasteiger partial charge in [0.2, 0.25) is 5.96 Å². The number of cyclic esters (lactones) is 1. The number of nitrogens with one attached hydrogen (secondary N) is 2. The van der Waals surface area contributed by atoms with Crippen LogP contribution in [0.4, 0.5) is 9.59 Å². The molecule has 37 heavy (non-hydrogen) atoms. The van der Waals surface area contributed by atoms with Crippen LogP contribution in [-0.4, -0.2) is 153 Å². The smallest absolute Gasteiger partial charge is 0.414 e. The van der Waals surface area contributed by atoms with Gasteiger partial charge in [-0.15, -0.1) is 0 Å². The predicted octanol–water partition coefficient (Wildman–Crippen LogP) is 0.0650. The van der Waals surface area contributed by atoms with Gasteiger partial charge in [-0.25, -0.2) is 9.59 Å². The lowest BCUT2D eigenvalue weighted by atomic mass is 10.2. The standard InChI is InChI=1S/C24H43N7O6/c1-24(2,3)37-22(33)26-21(25)30-14-12-27(13-15-30)6-5-7-31-17-19(36-23(31)34)16-28-8-10-29(11-9-28)18-20(32)35-4/h19H,5-18H2,1-4H3,(H2,25,26,33). The van der Waals surface area contributed by atoms with Crippen molar-refractivity contribution in [1.29, 1.82) is 5.41 Å². The molecule has 0 spiro atoms. The highest BCUT2D eigenvalue weighted by atomic mass is 16.6. The number of methoxy groups -OCH3 is 1. The van der Waals surface area contributed by atoms with Crippen molar-refractivity contribution in [1.82, 2.24) is 29.8 Å². The van der Waals surface area contributed by atoms with Crippen molar-refractivity contribution in [3.8, 4) is 0 Å². The van der Waals surface area contributed by atoms with Crippen LogP contribution in [0.25, 0.3) is 0 Å². The first-order chi connectivity index (χ1) is 17.5. The third-order valence-electron chi connectivity index (χ3n) is 6.67. The number of amides is 2. The molecule has 2 N–H and O–H groups in total. The number of carbonyl (C=O) groups is 3. The van der Waals surface area contributed by atoms with Gasteiger partial charge >= 0.3 is 18.2 Å². The SMILES string of the molecule is COC(=O)CN1CCN(CC2CN(CCCN3CCN(C(=N)NC(=O)OC(C)(C)C)CC3)C(=O)O2)CC1. The Morgan fingerprint density at radius 1 is 1.00 bits per heavy atom. The van der Waals surface area contributed by atoms with Gasteiger partial charge in [-0.05, 0) is 33.7 Å². The molecule has 0 aliphatic carbocycles. The molecule has 3 saturated heterocycles. The molecule has 2 amide bonds. The molecule has 3 aliphatic rings. The van der Waals surface area contributed by atoms with E-state index in [2.05, 4.69) is 20.0 Å². The summed E-state index contributed by atoms with van der Waals surface area (Å²) in [5, 5.41) is 10.6. The normalized spacial score (nSPS) is 22.1. The van der Waals surface area contributed by atoms with E-state index in [0.29, 0.717) is 39.3 Å². The molecule has 1 atom stereocenters. The first-order valence-corrected chi connectivity index (χ1v) is 13.1. The fraction of sp³-hybridized carbons (Fsp3) is 0.833. The number of esters is 1. The maximum Gasteiger partial charge on any atom is 0.414 e. The van der Waals surface area contributed by atoms with E-state index >= 15 is 0 Å². The lowest BCUT2D eigenvalue weighted by Gasteiger charge is -2.36. The topological polar surface area (TPSA) is 131 Å². The average Bonchev–Trinajstić information content (AvgIpc) is 3.18. The number of rotatable bonds is 8. The second-order valence-corrected chi connectivity index (χ2v) is 10.8. The van der Waals surface area contributed by atoms with Gasteiger partial charge < -0.3 is 24.0 Å². The Bertz CT molecular complexity index is 804. The molecule has 1 unspecified atom stereocenters. The quantitative estimate of drug-likeness (QED) is 0.194. The summed E-state index contributed by atoms with van der Waals surface area (Å²) >= 11 is 0. The van der Waals surface area contributed by atoms with Crippen LogP contribution in [0.2, 0.25) is 0 Å². The largest absolute Gasteiger partial charge is 0.468 e. The summed E-state index contributed by atoms with van der Waals surface area (Å²) in [6.45, 7) is 14.6. The Kier molecular flexibility index (Phi) is 10.4. The molecule has 3 aliphatic heterocycles. The summed E-state index contributed by atoms with van der Waals surface area (Å²) in [4.78, 5) is 46.0. The Morgan fingerprint density at radius 3 is 2.24 bits per heavy atom.